The lowest BCUT2D eigenvalue weighted by atomic mass is 10.2. The third-order valence-electron chi connectivity index (χ3n) is 3.30. The van der Waals surface area contributed by atoms with Gasteiger partial charge in [-0.05, 0) is 31.0 Å². The van der Waals surface area contributed by atoms with E-state index in [-0.39, 0.29) is 16.7 Å². The van der Waals surface area contributed by atoms with Crippen molar-refractivity contribution >= 4 is 22.0 Å². The van der Waals surface area contributed by atoms with Crippen molar-refractivity contribution < 1.29 is 12.8 Å². The Labute approximate surface area is 134 Å². The topological polar surface area (TPSA) is 115 Å². The fourth-order valence-electron chi connectivity index (χ4n) is 1.98. The molecule has 1 aliphatic rings. The van der Waals surface area contributed by atoms with E-state index in [4.69, 9.17) is 10.2 Å². The lowest BCUT2D eigenvalue weighted by Crippen LogP contribution is -2.10. The Morgan fingerprint density at radius 1 is 1.35 bits per heavy atom. The molecule has 1 aliphatic carbocycles. The van der Waals surface area contributed by atoms with Gasteiger partial charge in [0.1, 0.15) is 11.2 Å². The Bertz CT molecular complexity index is 853. The number of nitrogens with two attached hydrogens (primary N) is 1. The highest BCUT2D eigenvalue weighted by atomic mass is 32.2. The number of benzene rings is 1. The first kappa shape index (κ1) is 15.5. The predicted octanol–water partition coefficient (Wildman–Crippen LogP) is 1.47. The first-order chi connectivity index (χ1) is 10.9. The zero-order valence-corrected chi connectivity index (χ0v) is 13.6. The lowest BCUT2D eigenvalue weighted by molar-refractivity contribution is 0.507. The van der Waals surface area contributed by atoms with Crippen LogP contribution in [-0.2, 0) is 10.0 Å². The molecule has 1 aromatic heterocycles. The smallest absolute Gasteiger partial charge is 0.284 e. The van der Waals surface area contributed by atoms with E-state index in [1.165, 1.54) is 17.3 Å². The minimum Gasteiger partial charge on any atom is -0.420 e. The fraction of sp³-hybridized carbons (Fsp3) is 0.357. The average molecular weight is 335 g/mol. The first-order valence-corrected chi connectivity index (χ1v) is 8.51. The summed E-state index contributed by atoms with van der Waals surface area (Å²) >= 11 is 0. The average Bonchev–Trinajstić information content (AvgIpc) is 3.23. The molecule has 1 saturated carbocycles. The minimum absolute atomic E-state index is 0.0541. The van der Waals surface area contributed by atoms with Gasteiger partial charge < -0.3 is 15.1 Å². The van der Waals surface area contributed by atoms with E-state index in [1.807, 2.05) is 0 Å². The molecular weight excluding hydrogens is 318 g/mol. The van der Waals surface area contributed by atoms with Crippen molar-refractivity contribution in [2.75, 3.05) is 19.8 Å². The Kier molecular flexibility index (Phi) is 3.80. The molecule has 1 fully saturated rings. The zero-order valence-electron chi connectivity index (χ0n) is 12.8. The SMILES string of the molecule is CN(C)C=NS(=O)(=O)c1cc(N)ccc1-c1nnc(C2CC2)o1. The van der Waals surface area contributed by atoms with Gasteiger partial charge in [-0.3, -0.25) is 0 Å². The van der Waals surface area contributed by atoms with Gasteiger partial charge in [0.05, 0.1) is 5.56 Å². The minimum atomic E-state index is -3.93. The van der Waals surface area contributed by atoms with E-state index in [2.05, 4.69) is 14.6 Å². The number of rotatable bonds is 5. The summed E-state index contributed by atoms with van der Waals surface area (Å²) in [4.78, 5) is 1.48. The van der Waals surface area contributed by atoms with Gasteiger partial charge in [0.2, 0.25) is 11.8 Å². The number of aromatic nitrogens is 2. The van der Waals surface area contributed by atoms with Crippen LogP contribution in [-0.4, -0.2) is 43.9 Å². The summed E-state index contributed by atoms with van der Waals surface area (Å²) in [6.07, 6.45) is 3.25. The number of nitrogens with zero attached hydrogens (tertiary/aromatic N) is 4. The van der Waals surface area contributed by atoms with Gasteiger partial charge in [0, 0.05) is 25.7 Å². The maximum atomic E-state index is 12.5. The van der Waals surface area contributed by atoms with E-state index >= 15 is 0 Å². The summed E-state index contributed by atoms with van der Waals surface area (Å²) in [5.41, 5.74) is 6.34. The van der Waals surface area contributed by atoms with Crippen LogP contribution >= 0.6 is 0 Å². The van der Waals surface area contributed by atoms with Crippen LogP contribution in [0.2, 0.25) is 0 Å². The molecule has 0 atom stereocenters. The highest BCUT2D eigenvalue weighted by Gasteiger charge is 2.30. The molecule has 0 radical (unpaired) electrons. The second-order valence-corrected chi connectivity index (χ2v) is 7.24. The van der Waals surface area contributed by atoms with Crippen molar-refractivity contribution in [1.82, 2.24) is 15.1 Å². The molecule has 23 heavy (non-hydrogen) atoms. The maximum Gasteiger partial charge on any atom is 0.284 e. The van der Waals surface area contributed by atoms with Gasteiger partial charge in [0.15, 0.2) is 0 Å². The van der Waals surface area contributed by atoms with Crippen molar-refractivity contribution in [3.05, 3.63) is 24.1 Å². The lowest BCUT2D eigenvalue weighted by Gasteiger charge is -2.07. The fourth-order valence-corrected chi connectivity index (χ4v) is 3.13. The molecule has 1 heterocycles. The predicted molar refractivity (Wildman–Crippen MR) is 85.5 cm³/mol. The van der Waals surface area contributed by atoms with Crippen LogP contribution in [0.4, 0.5) is 5.69 Å². The number of hydrogen-bond acceptors (Lipinski definition) is 6. The van der Waals surface area contributed by atoms with Crippen molar-refractivity contribution in [1.29, 1.82) is 0 Å². The quantitative estimate of drug-likeness (QED) is 0.500. The van der Waals surface area contributed by atoms with Crippen molar-refractivity contribution in [3.8, 4) is 11.5 Å². The van der Waals surface area contributed by atoms with Gasteiger partial charge >= 0.3 is 0 Å². The van der Waals surface area contributed by atoms with Crippen LogP contribution in [0.3, 0.4) is 0 Å². The van der Waals surface area contributed by atoms with Gasteiger partial charge in [0.25, 0.3) is 10.0 Å². The van der Waals surface area contributed by atoms with Crippen LogP contribution in [0.1, 0.15) is 24.7 Å². The summed E-state index contributed by atoms with van der Waals surface area (Å²) < 4.78 is 34.2. The second-order valence-electron chi connectivity index (χ2n) is 5.63. The number of anilines is 1. The third kappa shape index (κ3) is 3.34. The molecule has 2 aromatic rings. The summed E-state index contributed by atoms with van der Waals surface area (Å²) in [6, 6.07) is 4.49. The number of hydrogen-bond donors (Lipinski definition) is 1. The van der Waals surface area contributed by atoms with Crippen LogP contribution < -0.4 is 5.73 Å². The second kappa shape index (κ2) is 5.65. The standard InChI is InChI=1S/C14H17N5O3S/c1-19(2)8-16-23(20,21)12-7-10(15)5-6-11(12)14-18-17-13(22-14)9-3-4-9/h5-9H,3-4,15H2,1-2H3. The van der Waals surface area contributed by atoms with Gasteiger partial charge in [-0.25, -0.2) is 0 Å². The Morgan fingerprint density at radius 2 is 2.09 bits per heavy atom. The van der Waals surface area contributed by atoms with E-state index < -0.39 is 10.0 Å². The molecule has 0 saturated heterocycles. The van der Waals surface area contributed by atoms with E-state index in [1.54, 1.807) is 26.2 Å². The molecule has 122 valence electrons. The van der Waals surface area contributed by atoms with Crippen molar-refractivity contribution in [2.24, 2.45) is 4.40 Å². The van der Waals surface area contributed by atoms with Gasteiger partial charge in [-0.1, -0.05) is 0 Å². The summed E-state index contributed by atoms with van der Waals surface area (Å²) in [5, 5.41) is 7.95. The molecule has 0 unspecified atom stereocenters. The molecular formula is C14H17N5O3S. The molecule has 0 bridgehead atoms. The summed E-state index contributed by atoms with van der Waals surface area (Å²) in [7, 11) is -0.572. The summed E-state index contributed by atoms with van der Waals surface area (Å²) in [6.45, 7) is 0. The zero-order chi connectivity index (χ0) is 16.6. The maximum absolute atomic E-state index is 12.5. The molecule has 0 aliphatic heterocycles. The van der Waals surface area contributed by atoms with Crippen LogP contribution in [0.5, 0.6) is 0 Å². The highest BCUT2D eigenvalue weighted by molar-refractivity contribution is 7.90. The molecule has 9 heteroatoms. The van der Waals surface area contributed by atoms with Gasteiger partial charge in [-0.15, -0.1) is 14.6 Å². The normalized spacial score (nSPS) is 15.2. The molecule has 0 amide bonds. The Morgan fingerprint density at radius 3 is 2.74 bits per heavy atom. The van der Waals surface area contributed by atoms with Crippen LogP contribution in [0.15, 0.2) is 31.9 Å². The summed E-state index contributed by atoms with van der Waals surface area (Å²) in [5.74, 6) is 0.986. The molecule has 8 nitrogen and oxygen atoms in total. The van der Waals surface area contributed by atoms with E-state index in [9.17, 15) is 8.42 Å². The van der Waals surface area contributed by atoms with Crippen molar-refractivity contribution in [2.45, 2.75) is 23.7 Å². The van der Waals surface area contributed by atoms with Crippen LogP contribution in [0, 0.1) is 0 Å². The first-order valence-electron chi connectivity index (χ1n) is 7.07. The number of sulfonamides is 1. The molecule has 2 N–H and O–H groups in total. The highest BCUT2D eigenvalue weighted by Crippen LogP contribution is 2.40. The molecule has 1 aromatic carbocycles. The largest absolute Gasteiger partial charge is 0.420 e. The monoisotopic (exact) mass is 335 g/mol. The van der Waals surface area contributed by atoms with Gasteiger partial charge in [-0.2, -0.15) is 8.42 Å². The molecule has 3 rings (SSSR count). The number of nitrogen functional groups attached to an aromatic ring is 1. The third-order valence-corrected chi connectivity index (χ3v) is 4.56. The van der Waals surface area contributed by atoms with Crippen molar-refractivity contribution in [3.63, 3.8) is 0 Å². The molecule has 0 spiro atoms. The Balaban J connectivity index is 2.07. The Hall–Kier alpha value is -2.42. The van der Waals surface area contributed by atoms with E-state index in [0.717, 1.165) is 12.8 Å². The van der Waals surface area contributed by atoms with Crippen LogP contribution in [0.25, 0.3) is 11.5 Å². The van der Waals surface area contributed by atoms with E-state index in [0.29, 0.717) is 17.1 Å².